The van der Waals surface area contributed by atoms with E-state index in [4.69, 9.17) is 0 Å². The molecule has 1 heteroatoms. The molecule has 3 atom stereocenters. The average Bonchev–Trinajstić information content (AvgIpc) is 2.84. The molecule has 0 nitrogen and oxygen atoms in total. The SMILES string of the molecule is C[Si](C)(c1ccccc1)C1CCC2C=CC=CC21. The zero-order chi connectivity index (χ0) is 12.6. The van der Waals surface area contributed by atoms with E-state index in [2.05, 4.69) is 67.7 Å². The molecule has 2 aliphatic rings. The maximum absolute atomic E-state index is 2.56. The summed E-state index contributed by atoms with van der Waals surface area (Å²) in [6.07, 6.45) is 12.2. The predicted molar refractivity (Wildman–Crippen MR) is 81.8 cm³/mol. The number of benzene rings is 1. The highest BCUT2D eigenvalue weighted by atomic mass is 28.3. The van der Waals surface area contributed by atoms with E-state index in [0.717, 1.165) is 17.4 Å². The summed E-state index contributed by atoms with van der Waals surface area (Å²) < 4.78 is 0. The molecular weight excluding hydrogens is 232 g/mol. The molecule has 0 aliphatic heterocycles. The Morgan fingerprint density at radius 1 is 0.944 bits per heavy atom. The van der Waals surface area contributed by atoms with Crippen LogP contribution in [0.5, 0.6) is 0 Å². The third-order valence-corrected chi connectivity index (χ3v) is 9.37. The van der Waals surface area contributed by atoms with Crippen LogP contribution in [0.4, 0.5) is 0 Å². The third-order valence-electron chi connectivity index (χ3n) is 5.02. The Kier molecular flexibility index (Phi) is 3.02. The normalized spacial score (nSPS) is 30.4. The molecule has 0 bridgehead atoms. The summed E-state index contributed by atoms with van der Waals surface area (Å²) in [5, 5.41) is 1.62. The molecular formula is C17H22Si. The van der Waals surface area contributed by atoms with Crippen LogP contribution in [0.2, 0.25) is 18.6 Å². The van der Waals surface area contributed by atoms with Crippen molar-refractivity contribution in [2.24, 2.45) is 11.8 Å². The summed E-state index contributed by atoms with van der Waals surface area (Å²) in [4.78, 5) is 0. The molecule has 1 fully saturated rings. The molecule has 18 heavy (non-hydrogen) atoms. The number of rotatable bonds is 2. The molecule has 94 valence electrons. The van der Waals surface area contributed by atoms with E-state index in [1.54, 1.807) is 5.19 Å². The molecule has 0 saturated heterocycles. The first kappa shape index (κ1) is 12.0. The maximum Gasteiger partial charge on any atom is 0.0842 e. The molecule has 0 spiro atoms. The maximum atomic E-state index is 2.56. The quantitative estimate of drug-likeness (QED) is 0.696. The van der Waals surface area contributed by atoms with Crippen LogP contribution < -0.4 is 5.19 Å². The van der Waals surface area contributed by atoms with Crippen LogP contribution in [-0.4, -0.2) is 8.07 Å². The molecule has 0 aromatic heterocycles. The van der Waals surface area contributed by atoms with Gasteiger partial charge in [-0.15, -0.1) is 0 Å². The molecule has 3 rings (SSSR count). The summed E-state index contributed by atoms with van der Waals surface area (Å²) in [7, 11) is -1.34. The third kappa shape index (κ3) is 1.91. The average molecular weight is 254 g/mol. The minimum atomic E-state index is -1.34. The van der Waals surface area contributed by atoms with E-state index in [-0.39, 0.29) is 0 Å². The lowest BCUT2D eigenvalue weighted by Crippen LogP contribution is -2.47. The second kappa shape index (κ2) is 4.54. The lowest BCUT2D eigenvalue weighted by molar-refractivity contribution is 0.546. The van der Waals surface area contributed by atoms with Crippen LogP contribution in [0, 0.1) is 11.8 Å². The summed E-state index contributed by atoms with van der Waals surface area (Å²) >= 11 is 0. The van der Waals surface area contributed by atoms with E-state index < -0.39 is 8.07 Å². The van der Waals surface area contributed by atoms with Crippen molar-refractivity contribution in [3.63, 3.8) is 0 Å². The largest absolute Gasteiger partial charge is 0.0842 e. The van der Waals surface area contributed by atoms with Gasteiger partial charge in [-0.3, -0.25) is 0 Å². The van der Waals surface area contributed by atoms with Crippen molar-refractivity contribution in [3.05, 3.63) is 54.6 Å². The van der Waals surface area contributed by atoms with Gasteiger partial charge in [0.05, 0.1) is 8.07 Å². The summed E-state index contributed by atoms with van der Waals surface area (Å²) in [6, 6.07) is 11.2. The highest BCUT2D eigenvalue weighted by molar-refractivity contribution is 6.91. The second-order valence-corrected chi connectivity index (χ2v) is 11.0. The molecule has 1 aromatic carbocycles. The van der Waals surface area contributed by atoms with Crippen molar-refractivity contribution in [1.82, 2.24) is 0 Å². The molecule has 0 N–H and O–H groups in total. The molecule has 1 saturated carbocycles. The van der Waals surface area contributed by atoms with Crippen LogP contribution >= 0.6 is 0 Å². The van der Waals surface area contributed by atoms with E-state index in [1.807, 2.05) is 0 Å². The topological polar surface area (TPSA) is 0 Å². The van der Waals surface area contributed by atoms with Crippen molar-refractivity contribution in [1.29, 1.82) is 0 Å². The minimum absolute atomic E-state index is 0.803. The highest BCUT2D eigenvalue weighted by Gasteiger charge is 2.44. The number of allylic oxidation sites excluding steroid dienone is 4. The Morgan fingerprint density at radius 3 is 2.44 bits per heavy atom. The number of hydrogen-bond donors (Lipinski definition) is 0. The summed E-state index contributed by atoms with van der Waals surface area (Å²) in [6.45, 7) is 5.11. The summed E-state index contributed by atoms with van der Waals surface area (Å²) in [5.41, 5.74) is 0.908. The smallest absolute Gasteiger partial charge is 0.0808 e. The fourth-order valence-corrected chi connectivity index (χ4v) is 7.57. The van der Waals surface area contributed by atoms with Crippen LogP contribution in [0.1, 0.15) is 12.8 Å². The molecule has 2 aliphatic carbocycles. The first-order valence-corrected chi connectivity index (χ1v) is 10.2. The Bertz CT molecular complexity index is 470. The minimum Gasteiger partial charge on any atom is -0.0808 e. The molecule has 0 amide bonds. The fraction of sp³-hybridized carbons (Fsp3) is 0.412. The van der Waals surface area contributed by atoms with E-state index in [9.17, 15) is 0 Å². The molecule has 0 heterocycles. The molecule has 0 radical (unpaired) electrons. The van der Waals surface area contributed by atoms with E-state index in [0.29, 0.717) is 0 Å². The van der Waals surface area contributed by atoms with Gasteiger partial charge in [0.25, 0.3) is 0 Å². The standard InChI is InChI=1S/C17H22Si/c1-18(2,15-9-4-3-5-10-15)17-13-12-14-8-6-7-11-16(14)17/h3-11,14,16-17H,12-13H2,1-2H3. The monoisotopic (exact) mass is 254 g/mol. The Balaban J connectivity index is 1.91. The zero-order valence-corrected chi connectivity index (χ0v) is 12.3. The lowest BCUT2D eigenvalue weighted by atomic mass is 9.92. The van der Waals surface area contributed by atoms with Gasteiger partial charge in [0.2, 0.25) is 0 Å². The van der Waals surface area contributed by atoms with Gasteiger partial charge in [-0.2, -0.15) is 0 Å². The van der Waals surface area contributed by atoms with E-state index >= 15 is 0 Å². The lowest BCUT2D eigenvalue weighted by Gasteiger charge is -2.35. The van der Waals surface area contributed by atoms with Crippen LogP contribution in [-0.2, 0) is 0 Å². The van der Waals surface area contributed by atoms with Crippen molar-refractivity contribution < 1.29 is 0 Å². The van der Waals surface area contributed by atoms with Gasteiger partial charge in [0, 0.05) is 0 Å². The number of hydrogen-bond acceptors (Lipinski definition) is 0. The first-order chi connectivity index (χ1) is 8.69. The van der Waals surface area contributed by atoms with Gasteiger partial charge in [-0.05, 0) is 23.8 Å². The van der Waals surface area contributed by atoms with Gasteiger partial charge in [0.15, 0.2) is 0 Å². The van der Waals surface area contributed by atoms with Gasteiger partial charge in [-0.1, -0.05) is 79.3 Å². The van der Waals surface area contributed by atoms with Crippen LogP contribution in [0.15, 0.2) is 54.6 Å². The van der Waals surface area contributed by atoms with Gasteiger partial charge in [0.1, 0.15) is 0 Å². The fourth-order valence-electron chi connectivity index (χ4n) is 3.88. The zero-order valence-electron chi connectivity index (χ0n) is 11.3. The molecule has 1 aromatic rings. The Morgan fingerprint density at radius 2 is 1.67 bits per heavy atom. The van der Waals surface area contributed by atoms with E-state index in [1.165, 1.54) is 12.8 Å². The second-order valence-electron chi connectivity index (χ2n) is 6.28. The van der Waals surface area contributed by atoms with Crippen LogP contribution in [0.25, 0.3) is 0 Å². The van der Waals surface area contributed by atoms with Crippen LogP contribution in [0.3, 0.4) is 0 Å². The molecule has 3 unspecified atom stereocenters. The Hall–Kier alpha value is -1.08. The first-order valence-electron chi connectivity index (χ1n) is 7.10. The van der Waals surface area contributed by atoms with Crippen molar-refractivity contribution in [2.45, 2.75) is 31.5 Å². The van der Waals surface area contributed by atoms with Gasteiger partial charge >= 0.3 is 0 Å². The Labute approximate surface area is 111 Å². The predicted octanol–water partition coefficient (Wildman–Crippen LogP) is 4.12. The van der Waals surface area contributed by atoms with Crippen molar-refractivity contribution in [2.75, 3.05) is 0 Å². The number of fused-ring (bicyclic) bond motifs is 1. The van der Waals surface area contributed by atoms with Gasteiger partial charge < -0.3 is 0 Å². The van der Waals surface area contributed by atoms with Gasteiger partial charge in [-0.25, -0.2) is 0 Å². The van der Waals surface area contributed by atoms with Crippen molar-refractivity contribution in [3.8, 4) is 0 Å². The summed E-state index contributed by atoms with van der Waals surface area (Å²) in [5.74, 6) is 1.62. The highest BCUT2D eigenvalue weighted by Crippen LogP contribution is 2.49. The van der Waals surface area contributed by atoms with Crippen molar-refractivity contribution >= 4 is 13.3 Å².